The van der Waals surface area contributed by atoms with Gasteiger partial charge in [-0.1, -0.05) is 35.9 Å². The lowest BCUT2D eigenvalue weighted by molar-refractivity contribution is -0.137. The van der Waals surface area contributed by atoms with E-state index in [9.17, 15) is 18.0 Å². The molecule has 0 atom stereocenters. The number of pyridine rings is 1. The smallest absolute Gasteiger partial charge is 0.352 e. The van der Waals surface area contributed by atoms with Crippen LogP contribution in [-0.2, 0) is 6.18 Å². The van der Waals surface area contributed by atoms with E-state index in [1.54, 1.807) is 54.6 Å². The van der Waals surface area contributed by atoms with Gasteiger partial charge in [-0.2, -0.15) is 13.2 Å². The summed E-state index contributed by atoms with van der Waals surface area (Å²) in [4.78, 5) is 18.9. The SMILES string of the molecule is CN(C)CCCNC(=O)c1ccc(-c2ccc(-c3ccc(Cl)cn3)n2-c2ccccc2C(F)(F)F)cc1. The van der Waals surface area contributed by atoms with E-state index in [1.165, 1.54) is 22.9 Å². The maximum Gasteiger partial charge on any atom is 0.418 e. The number of hydrogen-bond acceptors (Lipinski definition) is 3. The standard InChI is InChI=1S/C28H26ClF3N4O/c1-35(2)17-5-16-33-27(37)20-10-8-19(9-11-20)24-14-15-26(23-13-12-21(29)18-34-23)36(24)25-7-4-3-6-22(25)28(30,31)32/h3-4,6-15,18H,5,16-17H2,1-2H3,(H,33,37). The lowest BCUT2D eigenvalue weighted by Gasteiger charge is -2.19. The van der Waals surface area contributed by atoms with Crippen LogP contribution in [-0.4, -0.2) is 47.5 Å². The predicted molar refractivity (Wildman–Crippen MR) is 140 cm³/mol. The second-order valence-electron chi connectivity index (χ2n) is 8.81. The molecule has 4 rings (SSSR count). The quantitative estimate of drug-likeness (QED) is 0.264. The molecule has 4 aromatic rings. The van der Waals surface area contributed by atoms with E-state index in [0.717, 1.165) is 19.0 Å². The van der Waals surface area contributed by atoms with Crippen molar-refractivity contribution < 1.29 is 18.0 Å². The normalized spacial score (nSPS) is 11.6. The Hall–Kier alpha value is -3.62. The molecule has 192 valence electrons. The van der Waals surface area contributed by atoms with Gasteiger partial charge in [-0.25, -0.2) is 0 Å². The third-order valence-corrected chi connectivity index (χ3v) is 6.06. The Bertz CT molecular complexity index is 1360. The van der Waals surface area contributed by atoms with Gasteiger partial charge in [0.2, 0.25) is 0 Å². The molecule has 2 aromatic heterocycles. The Morgan fingerprint density at radius 2 is 1.68 bits per heavy atom. The number of alkyl halides is 3. The van der Waals surface area contributed by atoms with Gasteiger partial charge in [0.25, 0.3) is 5.91 Å². The Labute approximate surface area is 218 Å². The largest absolute Gasteiger partial charge is 0.418 e. The second-order valence-corrected chi connectivity index (χ2v) is 9.24. The lowest BCUT2D eigenvalue weighted by Crippen LogP contribution is -2.27. The van der Waals surface area contributed by atoms with E-state index in [4.69, 9.17) is 11.6 Å². The molecule has 0 aliphatic carbocycles. The molecule has 1 N–H and O–H groups in total. The summed E-state index contributed by atoms with van der Waals surface area (Å²) in [5.74, 6) is -0.200. The van der Waals surface area contributed by atoms with Crippen molar-refractivity contribution in [2.45, 2.75) is 12.6 Å². The predicted octanol–water partition coefficient (Wildman–Crippen LogP) is 6.56. The highest BCUT2D eigenvalue weighted by Crippen LogP contribution is 2.39. The Balaban J connectivity index is 1.73. The van der Waals surface area contributed by atoms with Crippen molar-refractivity contribution in [2.75, 3.05) is 27.2 Å². The third kappa shape index (κ3) is 6.21. The highest BCUT2D eigenvalue weighted by atomic mass is 35.5. The van der Waals surface area contributed by atoms with Gasteiger partial charge in [0, 0.05) is 18.3 Å². The zero-order valence-electron chi connectivity index (χ0n) is 20.4. The van der Waals surface area contributed by atoms with Crippen LogP contribution in [0.1, 0.15) is 22.3 Å². The average molecular weight is 527 g/mol. The molecule has 0 bridgehead atoms. The van der Waals surface area contributed by atoms with Crippen molar-refractivity contribution in [2.24, 2.45) is 0 Å². The summed E-state index contributed by atoms with van der Waals surface area (Å²) in [6.07, 6.45) is -2.28. The number of carbonyl (C=O) groups is 1. The minimum Gasteiger partial charge on any atom is -0.352 e. The Morgan fingerprint density at radius 1 is 0.973 bits per heavy atom. The van der Waals surface area contributed by atoms with Gasteiger partial charge in [0.1, 0.15) is 0 Å². The molecule has 5 nitrogen and oxygen atoms in total. The van der Waals surface area contributed by atoms with Crippen LogP contribution in [0.15, 0.2) is 79.0 Å². The zero-order chi connectivity index (χ0) is 26.6. The molecule has 0 saturated heterocycles. The maximum absolute atomic E-state index is 14.0. The number of para-hydroxylation sites is 1. The molecule has 9 heteroatoms. The molecule has 0 unspecified atom stereocenters. The van der Waals surface area contributed by atoms with Crippen molar-refractivity contribution in [3.8, 4) is 28.3 Å². The van der Waals surface area contributed by atoms with Gasteiger partial charge < -0.3 is 14.8 Å². The summed E-state index contributed by atoms with van der Waals surface area (Å²) in [5.41, 5.74) is 1.82. The van der Waals surface area contributed by atoms with E-state index >= 15 is 0 Å². The molecule has 0 radical (unpaired) electrons. The van der Waals surface area contributed by atoms with E-state index in [2.05, 4.69) is 10.3 Å². The van der Waals surface area contributed by atoms with Crippen molar-refractivity contribution in [3.63, 3.8) is 0 Å². The molecule has 2 aromatic carbocycles. The van der Waals surface area contributed by atoms with Crippen LogP contribution in [0.25, 0.3) is 28.3 Å². The van der Waals surface area contributed by atoms with Crippen molar-refractivity contribution in [1.29, 1.82) is 0 Å². The van der Waals surface area contributed by atoms with Crippen LogP contribution in [0.3, 0.4) is 0 Å². The molecule has 0 spiro atoms. The number of aromatic nitrogens is 2. The van der Waals surface area contributed by atoms with Crippen molar-refractivity contribution in [3.05, 3.63) is 95.1 Å². The zero-order valence-corrected chi connectivity index (χ0v) is 21.1. The minimum absolute atomic E-state index is 0.0236. The number of rotatable bonds is 8. The lowest BCUT2D eigenvalue weighted by atomic mass is 10.1. The number of hydrogen-bond donors (Lipinski definition) is 1. The Kier molecular flexibility index (Phi) is 8.00. The number of carbonyl (C=O) groups excluding carboxylic acids is 1. The van der Waals surface area contributed by atoms with Gasteiger partial charge in [0.15, 0.2) is 0 Å². The van der Waals surface area contributed by atoms with Gasteiger partial charge in [-0.05, 0) is 81.2 Å². The first-order valence-electron chi connectivity index (χ1n) is 11.7. The number of nitrogens with one attached hydrogen (secondary N) is 1. The fraction of sp³-hybridized carbons (Fsp3) is 0.214. The summed E-state index contributed by atoms with van der Waals surface area (Å²) < 4.78 is 43.5. The molecule has 37 heavy (non-hydrogen) atoms. The minimum atomic E-state index is -4.56. The first-order valence-corrected chi connectivity index (χ1v) is 12.1. The highest BCUT2D eigenvalue weighted by molar-refractivity contribution is 6.30. The van der Waals surface area contributed by atoms with E-state index in [0.29, 0.717) is 39.8 Å². The number of nitrogens with zero attached hydrogens (tertiary/aromatic N) is 3. The monoisotopic (exact) mass is 526 g/mol. The summed E-state index contributed by atoms with van der Waals surface area (Å²) in [6, 6.07) is 19.0. The molecule has 0 aliphatic rings. The first kappa shape index (κ1) is 26.4. The van der Waals surface area contributed by atoms with Crippen LogP contribution < -0.4 is 5.32 Å². The molecule has 0 saturated carbocycles. The van der Waals surface area contributed by atoms with Crippen LogP contribution >= 0.6 is 11.6 Å². The number of halogens is 4. The van der Waals surface area contributed by atoms with Gasteiger partial charge in [0.05, 0.1) is 33.4 Å². The number of benzene rings is 2. The van der Waals surface area contributed by atoms with Crippen LogP contribution in [0.2, 0.25) is 5.02 Å². The van der Waals surface area contributed by atoms with Gasteiger partial charge >= 0.3 is 6.18 Å². The van der Waals surface area contributed by atoms with Crippen LogP contribution in [0, 0.1) is 0 Å². The van der Waals surface area contributed by atoms with E-state index in [-0.39, 0.29) is 11.6 Å². The van der Waals surface area contributed by atoms with Gasteiger partial charge in [-0.15, -0.1) is 0 Å². The van der Waals surface area contributed by atoms with Gasteiger partial charge in [-0.3, -0.25) is 9.78 Å². The fourth-order valence-corrected chi connectivity index (χ4v) is 4.16. The van der Waals surface area contributed by atoms with Crippen LogP contribution in [0.5, 0.6) is 0 Å². The third-order valence-electron chi connectivity index (χ3n) is 5.83. The van der Waals surface area contributed by atoms with E-state index < -0.39 is 11.7 Å². The molecule has 1 amide bonds. The topological polar surface area (TPSA) is 50.2 Å². The van der Waals surface area contributed by atoms with E-state index in [1.807, 2.05) is 19.0 Å². The summed E-state index contributed by atoms with van der Waals surface area (Å²) >= 11 is 5.98. The molecular formula is C28H26ClF3N4O. The molecule has 0 aliphatic heterocycles. The van der Waals surface area contributed by atoms with Crippen molar-refractivity contribution in [1.82, 2.24) is 19.8 Å². The number of amides is 1. The first-order chi connectivity index (χ1) is 17.6. The summed E-state index contributed by atoms with van der Waals surface area (Å²) in [6.45, 7) is 1.41. The average Bonchev–Trinajstić information content (AvgIpc) is 3.31. The fourth-order valence-electron chi connectivity index (χ4n) is 4.05. The Morgan fingerprint density at radius 3 is 2.32 bits per heavy atom. The highest BCUT2D eigenvalue weighted by Gasteiger charge is 2.34. The summed E-state index contributed by atoms with van der Waals surface area (Å²) in [7, 11) is 3.94. The van der Waals surface area contributed by atoms with Crippen LogP contribution in [0.4, 0.5) is 13.2 Å². The summed E-state index contributed by atoms with van der Waals surface area (Å²) in [5, 5.41) is 3.31. The maximum atomic E-state index is 14.0. The van der Waals surface area contributed by atoms with Crippen molar-refractivity contribution >= 4 is 17.5 Å². The molecule has 2 heterocycles. The second kappa shape index (κ2) is 11.2. The molecule has 0 fully saturated rings. The molecular weight excluding hydrogens is 501 g/mol.